The number of methoxy groups -OCH3 is 1. The predicted octanol–water partition coefficient (Wildman–Crippen LogP) is 2.19. The van der Waals surface area contributed by atoms with Crippen molar-refractivity contribution in [3.05, 3.63) is 35.1 Å². The lowest BCUT2D eigenvalue weighted by molar-refractivity contribution is -0.144. The molecule has 0 aliphatic rings. The maximum absolute atomic E-state index is 13.1. The topological polar surface area (TPSA) is 43.4 Å². The number of hydrogen-bond donors (Lipinski definition) is 0. The minimum absolute atomic E-state index is 0.225. The van der Waals surface area contributed by atoms with Gasteiger partial charge in [-0.25, -0.2) is 4.39 Å². The minimum atomic E-state index is -1.21. The molecule has 0 amide bonds. The first-order chi connectivity index (χ1) is 8.43. The van der Waals surface area contributed by atoms with Gasteiger partial charge >= 0.3 is 5.97 Å². The fourth-order valence-electron chi connectivity index (χ4n) is 1.58. The normalized spacial score (nSPS) is 14.0. The smallest absolute Gasteiger partial charge is 0.309 e. The average Bonchev–Trinajstić information content (AvgIpc) is 2.32. The van der Waals surface area contributed by atoms with Crippen molar-refractivity contribution in [3.8, 4) is 0 Å². The minimum Gasteiger partial charge on any atom is -0.469 e. The quantitative estimate of drug-likeness (QED) is 0.772. The molecule has 2 atom stereocenters. The van der Waals surface area contributed by atoms with Gasteiger partial charge in [0.15, 0.2) is 0 Å². The fraction of sp³-hybridized carbons (Fsp3) is 0.462. The Bertz CT molecular complexity index is 460. The van der Waals surface area contributed by atoms with E-state index in [1.165, 1.54) is 19.2 Å². The van der Waals surface area contributed by atoms with E-state index in [0.29, 0.717) is 5.56 Å². The molecule has 0 N–H and O–H groups in total. The highest BCUT2D eigenvalue weighted by molar-refractivity contribution is 7.84. The molecule has 0 aliphatic heterocycles. The monoisotopic (exact) mass is 272 g/mol. The Labute approximate surface area is 109 Å². The summed E-state index contributed by atoms with van der Waals surface area (Å²) in [5.74, 6) is -0.647. The summed E-state index contributed by atoms with van der Waals surface area (Å²) in [7, 11) is 0.0947. The maximum Gasteiger partial charge on any atom is 0.309 e. The molecule has 0 spiro atoms. The first-order valence-corrected chi connectivity index (χ1v) is 7.10. The van der Waals surface area contributed by atoms with Gasteiger partial charge in [-0.15, -0.1) is 0 Å². The molecule has 0 aromatic heterocycles. The van der Waals surface area contributed by atoms with E-state index in [2.05, 4.69) is 4.74 Å². The number of carbonyl (C=O) groups is 1. The Morgan fingerprint density at radius 3 is 2.78 bits per heavy atom. The van der Waals surface area contributed by atoms with Crippen molar-refractivity contribution in [2.24, 2.45) is 5.92 Å². The van der Waals surface area contributed by atoms with Crippen molar-refractivity contribution in [1.82, 2.24) is 0 Å². The highest BCUT2D eigenvalue weighted by atomic mass is 32.2. The molecule has 0 aliphatic carbocycles. The Kier molecular flexibility index (Phi) is 5.47. The van der Waals surface area contributed by atoms with Gasteiger partial charge in [-0.1, -0.05) is 13.0 Å². The van der Waals surface area contributed by atoms with Gasteiger partial charge in [0.1, 0.15) is 5.82 Å². The Balaban J connectivity index is 2.65. The van der Waals surface area contributed by atoms with E-state index in [1.54, 1.807) is 13.0 Å². The molecule has 100 valence electrons. The molecule has 2 unspecified atom stereocenters. The van der Waals surface area contributed by atoms with Crippen LogP contribution >= 0.6 is 0 Å². The summed E-state index contributed by atoms with van der Waals surface area (Å²) >= 11 is 0. The third kappa shape index (κ3) is 4.22. The molecule has 0 bridgehead atoms. The van der Waals surface area contributed by atoms with Gasteiger partial charge in [-0.2, -0.15) is 0 Å². The van der Waals surface area contributed by atoms with Crippen LogP contribution in [0.15, 0.2) is 18.2 Å². The van der Waals surface area contributed by atoms with Crippen molar-refractivity contribution in [3.63, 3.8) is 0 Å². The Morgan fingerprint density at radius 1 is 1.50 bits per heavy atom. The molecule has 1 aromatic rings. The van der Waals surface area contributed by atoms with Crippen LogP contribution < -0.4 is 0 Å². The number of hydrogen-bond acceptors (Lipinski definition) is 3. The molecule has 0 radical (unpaired) electrons. The molecular formula is C13H17FO3S. The SMILES string of the molecule is COC(=O)C(C)CS(=O)Cc1cc(F)ccc1C. The highest BCUT2D eigenvalue weighted by Gasteiger charge is 2.17. The summed E-state index contributed by atoms with van der Waals surface area (Å²) in [4.78, 5) is 11.2. The van der Waals surface area contributed by atoms with Crippen LogP contribution in [-0.2, 0) is 26.1 Å². The second-order valence-electron chi connectivity index (χ2n) is 4.25. The van der Waals surface area contributed by atoms with E-state index in [-0.39, 0.29) is 23.3 Å². The molecule has 3 nitrogen and oxygen atoms in total. The highest BCUT2D eigenvalue weighted by Crippen LogP contribution is 2.14. The van der Waals surface area contributed by atoms with Gasteiger partial charge in [0.05, 0.1) is 13.0 Å². The summed E-state index contributed by atoms with van der Waals surface area (Å²) in [6, 6.07) is 4.42. The molecule has 0 heterocycles. The van der Waals surface area contributed by atoms with Gasteiger partial charge < -0.3 is 4.74 Å². The average molecular weight is 272 g/mol. The molecule has 5 heteroatoms. The van der Waals surface area contributed by atoms with Crippen LogP contribution in [-0.4, -0.2) is 23.0 Å². The van der Waals surface area contributed by atoms with E-state index in [4.69, 9.17) is 0 Å². The van der Waals surface area contributed by atoms with Crippen molar-refractivity contribution in [2.75, 3.05) is 12.9 Å². The van der Waals surface area contributed by atoms with Gasteiger partial charge in [-0.3, -0.25) is 9.00 Å². The number of benzene rings is 1. The fourth-order valence-corrected chi connectivity index (χ4v) is 3.05. The third-order valence-electron chi connectivity index (χ3n) is 2.67. The standard InChI is InChI=1S/C13H17FO3S/c1-9-4-5-12(14)6-11(9)8-18(16)7-10(2)13(15)17-3/h4-6,10H,7-8H2,1-3H3. The number of rotatable bonds is 5. The van der Waals surface area contributed by atoms with E-state index in [1.807, 2.05) is 6.92 Å². The Morgan fingerprint density at radius 2 is 2.17 bits per heavy atom. The van der Waals surface area contributed by atoms with Crippen LogP contribution in [0.5, 0.6) is 0 Å². The molecule has 0 saturated heterocycles. The predicted molar refractivity (Wildman–Crippen MR) is 69.0 cm³/mol. The number of aryl methyl sites for hydroxylation is 1. The summed E-state index contributed by atoms with van der Waals surface area (Å²) in [6.45, 7) is 3.51. The molecular weight excluding hydrogens is 255 g/mol. The van der Waals surface area contributed by atoms with E-state index < -0.39 is 16.7 Å². The summed E-state index contributed by atoms with van der Waals surface area (Å²) in [5, 5.41) is 0. The zero-order valence-electron chi connectivity index (χ0n) is 10.7. The number of ether oxygens (including phenoxy) is 1. The molecule has 1 aromatic carbocycles. The zero-order valence-corrected chi connectivity index (χ0v) is 11.6. The zero-order chi connectivity index (χ0) is 13.7. The van der Waals surface area contributed by atoms with Crippen molar-refractivity contribution in [1.29, 1.82) is 0 Å². The van der Waals surface area contributed by atoms with Crippen LogP contribution in [0, 0.1) is 18.7 Å². The second kappa shape index (κ2) is 6.64. The van der Waals surface area contributed by atoms with Gasteiger partial charge in [-0.05, 0) is 30.2 Å². The van der Waals surface area contributed by atoms with E-state index in [9.17, 15) is 13.4 Å². The lowest BCUT2D eigenvalue weighted by Gasteiger charge is -2.10. The summed E-state index contributed by atoms with van der Waals surface area (Å²) < 4.78 is 29.5. The number of carbonyl (C=O) groups excluding carboxylic acids is 1. The second-order valence-corrected chi connectivity index (χ2v) is 5.75. The third-order valence-corrected chi connectivity index (χ3v) is 4.17. The lowest BCUT2D eigenvalue weighted by Crippen LogP contribution is -2.20. The number of halogens is 1. The van der Waals surface area contributed by atoms with Gasteiger partial charge in [0, 0.05) is 22.3 Å². The van der Waals surface area contributed by atoms with Crippen molar-refractivity contribution >= 4 is 16.8 Å². The lowest BCUT2D eigenvalue weighted by atomic mass is 10.1. The van der Waals surface area contributed by atoms with Crippen LogP contribution in [0.1, 0.15) is 18.1 Å². The van der Waals surface area contributed by atoms with E-state index in [0.717, 1.165) is 5.56 Å². The molecule has 0 saturated carbocycles. The summed E-state index contributed by atoms with van der Waals surface area (Å²) in [5.41, 5.74) is 1.61. The first-order valence-electron chi connectivity index (χ1n) is 5.62. The van der Waals surface area contributed by atoms with Crippen molar-refractivity contribution < 1.29 is 18.1 Å². The van der Waals surface area contributed by atoms with Crippen LogP contribution in [0.4, 0.5) is 4.39 Å². The van der Waals surface area contributed by atoms with Crippen molar-refractivity contribution in [2.45, 2.75) is 19.6 Å². The molecule has 1 rings (SSSR count). The largest absolute Gasteiger partial charge is 0.469 e. The Hall–Kier alpha value is -1.23. The van der Waals surface area contributed by atoms with Crippen LogP contribution in [0.2, 0.25) is 0 Å². The van der Waals surface area contributed by atoms with Crippen LogP contribution in [0.25, 0.3) is 0 Å². The molecule has 18 heavy (non-hydrogen) atoms. The first kappa shape index (κ1) is 14.8. The molecule has 0 fully saturated rings. The van der Waals surface area contributed by atoms with Crippen LogP contribution in [0.3, 0.4) is 0 Å². The van der Waals surface area contributed by atoms with Gasteiger partial charge in [0.25, 0.3) is 0 Å². The summed E-state index contributed by atoms with van der Waals surface area (Å²) in [6.07, 6.45) is 0. The van der Waals surface area contributed by atoms with E-state index >= 15 is 0 Å². The maximum atomic E-state index is 13.1. The van der Waals surface area contributed by atoms with Gasteiger partial charge in [0.2, 0.25) is 0 Å². The number of esters is 1.